The Bertz CT molecular complexity index is 906. The smallest absolute Gasteiger partial charge is 0.407 e. The van der Waals surface area contributed by atoms with Crippen molar-refractivity contribution in [3.8, 4) is 0 Å². The molecule has 0 aliphatic rings. The lowest BCUT2D eigenvalue weighted by Gasteiger charge is -2.08. The standard InChI is InChI=1S/C17H17N5O3/c1-2-25-17(24)19-9-12-8-11(6-7-18-12)16(23)22-14-5-3-4-13-15(14)21-10-20-13/h3-8,10H,2,9H2,1H3,(H,19,24)(H,20,21)(H,22,23). The number of fused-ring (bicyclic) bond motifs is 1. The zero-order valence-corrected chi connectivity index (χ0v) is 13.6. The van der Waals surface area contributed by atoms with Gasteiger partial charge in [-0.05, 0) is 31.2 Å². The van der Waals surface area contributed by atoms with Crippen molar-refractivity contribution in [3.63, 3.8) is 0 Å². The monoisotopic (exact) mass is 339 g/mol. The predicted molar refractivity (Wildman–Crippen MR) is 92.1 cm³/mol. The first-order chi connectivity index (χ1) is 12.2. The molecule has 0 spiro atoms. The molecule has 3 aromatic rings. The molecular weight excluding hydrogens is 322 g/mol. The maximum absolute atomic E-state index is 12.5. The Morgan fingerprint density at radius 3 is 2.96 bits per heavy atom. The van der Waals surface area contributed by atoms with E-state index >= 15 is 0 Å². The van der Waals surface area contributed by atoms with Crippen molar-refractivity contribution in [1.29, 1.82) is 0 Å². The number of carbonyl (C=O) groups is 2. The maximum Gasteiger partial charge on any atom is 0.407 e. The first-order valence-electron chi connectivity index (χ1n) is 7.76. The minimum absolute atomic E-state index is 0.175. The Hall–Kier alpha value is -3.42. The number of para-hydroxylation sites is 1. The van der Waals surface area contributed by atoms with Crippen LogP contribution in [0.5, 0.6) is 0 Å². The van der Waals surface area contributed by atoms with E-state index in [4.69, 9.17) is 4.74 Å². The van der Waals surface area contributed by atoms with Crippen LogP contribution in [0.3, 0.4) is 0 Å². The third kappa shape index (κ3) is 3.92. The zero-order valence-electron chi connectivity index (χ0n) is 13.6. The number of nitrogens with one attached hydrogen (secondary N) is 3. The zero-order chi connectivity index (χ0) is 17.6. The van der Waals surface area contributed by atoms with Gasteiger partial charge in [0.1, 0.15) is 5.52 Å². The molecule has 0 aliphatic heterocycles. The molecule has 3 rings (SSSR count). The fraction of sp³-hybridized carbons (Fsp3) is 0.176. The SMILES string of the molecule is CCOC(=O)NCc1cc(C(=O)Nc2cccc3[nH]cnc23)ccn1. The van der Waals surface area contributed by atoms with Gasteiger partial charge >= 0.3 is 6.09 Å². The predicted octanol–water partition coefficient (Wildman–Crippen LogP) is 2.46. The summed E-state index contributed by atoms with van der Waals surface area (Å²) in [6.45, 7) is 2.19. The van der Waals surface area contributed by atoms with Gasteiger partial charge in [-0.2, -0.15) is 0 Å². The number of nitrogens with zero attached hydrogens (tertiary/aromatic N) is 2. The molecule has 2 aromatic heterocycles. The first kappa shape index (κ1) is 16.4. The molecule has 8 nitrogen and oxygen atoms in total. The van der Waals surface area contributed by atoms with E-state index in [-0.39, 0.29) is 12.5 Å². The maximum atomic E-state index is 12.5. The highest BCUT2D eigenvalue weighted by Gasteiger charge is 2.11. The summed E-state index contributed by atoms with van der Waals surface area (Å²) in [5.74, 6) is -0.282. The number of benzene rings is 1. The van der Waals surface area contributed by atoms with Crippen LogP contribution < -0.4 is 10.6 Å². The van der Waals surface area contributed by atoms with E-state index in [0.29, 0.717) is 29.1 Å². The van der Waals surface area contributed by atoms with Crippen LogP contribution in [0.1, 0.15) is 23.0 Å². The number of aromatic amines is 1. The molecule has 0 atom stereocenters. The summed E-state index contributed by atoms with van der Waals surface area (Å²) in [4.78, 5) is 35.1. The minimum Gasteiger partial charge on any atom is -0.450 e. The lowest BCUT2D eigenvalue weighted by molar-refractivity contribution is 0.102. The van der Waals surface area contributed by atoms with Gasteiger partial charge in [-0.3, -0.25) is 9.78 Å². The molecule has 0 aliphatic carbocycles. The third-order valence-electron chi connectivity index (χ3n) is 3.47. The normalized spacial score (nSPS) is 10.4. The third-order valence-corrected chi connectivity index (χ3v) is 3.47. The number of rotatable bonds is 5. The van der Waals surface area contributed by atoms with Gasteiger partial charge < -0.3 is 20.4 Å². The molecule has 0 radical (unpaired) electrons. The van der Waals surface area contributed by atoms with Crippen LogP contribution in [0.2, 0.25) is 0 Å². The van der Waals surface area contributed by atoms with Gasteiger partial charge in [-0.15, -0.1) is 0 Å². The van der Waals surface area contributed by atoms with Crippen LogP contribution in [0.4, 0.5) is 10.5 Å². The summed E-state index contributed by atoms with van der Waals surface area (Å²) < 4.78 is 4.79. The number of carbonyl (C=O) groups excluding carboxylic acids is 2. The quantitative estimate of drug-likeness (QED) is 0.661. The van der Waals surface area contributed by atoms with E-state index in [1.165, 1.54) is 6.20 Å². The molecule has 0 unspecified atom stereocenters. The van der Waals surface area contributed by atoms with Crippen LogP contribution in [-0.4, -0.2) is 33.6 Å². The van der Waals surface area contributed by atoms with Crippen molar-refractivity contribution < 1.29 is 14.3 Å². The molecule has 3 N–H and O–H groups in total. The van der Waals surface area contributed by atoms with Crippen molar-refractivity contribution in [3.05, 3.63) is 54.1 Å². The topological polar surface area (TPSA) is 109 Å². The van der Waals surface area contributed by atoms with Gasteiger partial charge in [0.05, 0.1) is 36.4 Å². The molecule has 2 amide bonds. The number of H-pyrrole nitrogens is 1. The Labute approximate surface area is 143 Å². The number of hydrogen-bond donors (Lipinski definition) is 3. The first-order valence-corrected chi connectivity index (χ1v) is 7.76. The number of pyridine rings is 1. The van der Waals surface area contributed by atoms with Gasteiger partial charge in [0.2, 0.25) is 0 Å². The van der Waals surface area contributed by atoms with Crippen LogP contribution in [0.15, 0.2) is 42.9 Å². The summed E-state index contributed by atoms with van der Waals surface area (Å²) in [6, 6.07) is 8.71. The number of alkyl carbamates (subject to hydrolysis) is 1. The summed E-state index contributed by atoms with van der Waals surface area (Å²) in [5.41, 5.74) is 3.13. The van der Waals surface area contributed by atoms with E-state index in [9.17, 15) is 9.59 Å². The molecule has 2 heterocycles. The Balaban J connectivity index is 1.71. The summed E-state index contributed by atoms with van der Waals surface area (Å²) in [5, 5.41) is 5.41. The molecule has 0 fully saturated rings. The van der Waals surface area contributed by atoms with E-state index in [1.54, 1.807) is 31.5 Å². The molecular formula is C17H17N5O3. The Morgan fingerprint density at radius 1 is 1.24 bits per heavy atom. The number of hydrogen-bond acceptors (Lipinski definition) is 5. The Morgan fingerprint density at radius 2 is 2.12 bits per heavy atom. The summed E-state index contributed by atoms with van der Waals surface area (Å²) in [7, 11) is 0. The average molecular weight is 339 g/mol. The minimum atomic E-state index is -0.524. The van der Waals surface area contributed by atoms with E-state index in [2.05, 4.69) is 25.6 Å². The van der Waals surface area contributed by atoms with Crippen LogP contribution in [0.25, 0.3) is 11.0 Å². The van der Waals surface area contributed by atoms with Gasteiger partial charge in [0.25, 0.3) is 5.91 Å². The summed E-state index contributed by atoms with van der Waals surface area (Å²) in [6.07, 6.45) is 2.57. The second kappa shape index (κ2) is 7.43. The van der Waals surface area contributed by atoms with E-state index in [0.717, 1.165) is 5.52 Å². The van der Waals surface area contributed by atoms with Crippen LogP contribution in [-0.2, 0) is 11.3 Å². The van der Waals surface area contributed by atoms with E-state index < -0.39 is 6.09 Å². The Kier molecular flexibility index (Phi) is 4.89. The number of aromatic nitrogens is 3. The largest absolute Gasteiger partial charge is 0.450 e. The van der Waals surface area contributed by atoms with Gasteiger partial charge in [-0.25, -0.2) is 9.78 Å². The van der Waals surface area contributed by atoms with E-state index in [1.807, 2.05) is 12.1 Å². The van der Waals surface area contributed by atoms with Gasteiger partial charge in [0.15, 0.2) is 0 Å². The lowest BCUT2D eigenvalue weighted by Crippen LogP contribution is -2.24. The fourth-order valence-electron chi connectivity index (χ4n) is 2.32. The summed E-state index contributed by atoms with van der Waals surface area (Å²) >= 11 is 0. The van der Waals surface area contributed by atoms with Crippen molar-refractivity contribution in [2.24, 2.45) is 0 Å². The molecule has 1 aromatic carbocycles. The van der Waals surface area contributed by atoms with Crippen molar-refractivity contribution in [2.75, 3.05) is 11.9 Å². The second-order valence-electron chi connectivity index (χ2n) is 5.17. The van der Waals surface area contributed by atoms with Gasteiger partial charge in [-0.1, -0.05) is 6.07 Å². The molecule has 0 bridgehead atoms. The average Bonchev–Trinajstić information content (AvgIpc) is 3.10. The van der Waals surface area contributed by atoms with Crippen molar-refractivity contribution in [2.45, 2.75) is 13.5 Å². The van der Waals surface area contributed by atoms with Crippen LogP contribution in [0, 0.1) is 0 Å². The molecule has 128 valence electrons. The molecule has 8 heteroatoms. The van der Waals surface area contributed by atoms with Crippen molar-refractivity contribution >= 4 is 28.7 Å². The number of anilines is 1. The molecule has 25 heavy (non-hydrogen) atoms. The number of ether oxygens (including phenoxy) is 1. The van der Waals surface area contributed by atoms with Crippen LogP contribution >= 0.6 is 0 Å². The lowest BCUT2D eigenvalue weighted by atomic mass is 10.2. The number of imidazole rings is 1. The number of amides is 2. The molecule has 0 saturated heterocycles. The highest BCUT2D eigenvalue weighted by molar-refractivity contribution is 6.07. The second-order valence-corrected chi connectivity index (χ2v) is 5.17. The van der Waals surface area contributed by atoms with Crippen molar-refractivity contribution in [1.82, 2.24) is 20.3 Å². The van der Waals surface area contributed by atoms with Gasteiger partial charge in [0, 0.05) is 11.8 Å². The fourth-order valence-corrected chi connectivity index (χ4v) is 2.32. The highest BCUT2D eigenvalue weighted by Crippen LogP contribution is 2.20. The molecule has 0 saturated carbocycles. The highest BCUT2D eigenvalue weighted by atomic mass is 16.5.